The number of carboxylic acid groups (broad SMARTS) is 1. The van der Waals surface area contributed by atoms with Gasteiger partial charge in [0.15, 0.2) is 0 Å². The number of carboxylic acids is 1. The van der Waals surface area contributed by atoms with E-state index in [2.05, 4.69) is 4.90 Å². The van der Waals surface area contributed by atoms with Crippen molar-refractivity contribution in [3.8, 4) is 0 Å². The van der Waals surface area contributed by atoms with Crippen LogP contribution in [0.3, 0.4) is 0 Å². The summed E-state index contributed by atoms with van der Waals surface area (Å²) in [6, 6.07) is 0. The van der Waals surface area contributed by atoms with Gasteiger partial charge in [0, 0.05) is 19.6 Å². The van der Waals surface area contributed by atoms with Gasteiger partial charge in [0.25, 0.3) is 0 Å². The SMILES string of the molecule is O=C(O)C1(CN2CC3(CCC3)C2)CCCCC1. The van der Waals surface area contributed by atoms with Gasteiger partial charge in [0.1, 0.15) is 0 Å². The van der Waals surface area contributed by atoms with Gasteiger partial charge in [0.05, 0.1) is 5.41 Å². The standard InChI is InChI=1S/C14H23NO2/c16-12(17)14(7-2-1-3-8-14)11-15-9-13(10-15)5-4-6-13/h1-11H2,(H,16,17). The lowest BCUT2D eigenvalue weighted by Gasteiger charge is -2.57. The molecule has 2 saturated carbocycles. The second-order valence-corrected chi connectivity index (χ2v) is 6.64. The molecule has 0 radical (unpaired) electrons. The van der Waals surface area contributed by atoms with Crippen LogP contribution in [0.4, 0.5) is 0 Å². The van der Waals surface area contributed by atoms with Crippen molar-refractivity contribution >= 4 is 5.97 Å². The summed E-state index contributed by atoms with van der Waals surface area (Å²) in [6.07, 6.45) is 9.36. The highest BCUT2D eigenvalue weighted by molar-refractivity contribution is 5.75. The molecular weight excluding hydrogens is 214 g/mol. The first-order valence-corrected chi connectivity index (χ1v) is 7.10. The Morgan fingerprint density at radius 1 is 1.00 bits per heavy atom. The summed E-state index contributed by atoms with van der Waals surface area (Å²) < 4.78 is 0. The minimum absolute atomic E-state index is 0.413. The van der Waals surface area contributed by atoms with E-state index in [1.54, 1.807) is 0 Å². The predicted octanol–water partition coefficient (Wildman–Crippen LogP) is 2.51. The lowest BCUT2D eigenvalue weighted by molar-refractivity contribution is -0.157. The van der Waals surface area contributed by atoms with E-state index in [-0.39, 0.29) is 0 Å². The van der Waals surface area contributed by atoms with Crippen LogP contribution in [0, 0.1) is 10.8 Å². The Morgan fingerprint density at radius 2 is 1.65 bits per heavy atom. The summed E-state index contributed by atoms with van der Waals surface area (Å²) >= 11 is 0. The molecule has 17 heavy (non-hydrogen) atoms. The quantitative estimate of drug-likeness (QED) is 0.820. The minimum Gasteiger partial charge on any atom is -0.481 e. The van der Waals surface area contributed by atoms with E-state index in [4.69, 9.17) is 0 Å². The molecule has 3 nitrogen and oxygen atoms in total. The highest BCUT2D eigenvalue weighted by Crippen LogP contribution is 2.49. The van der Waals surface area contributed by atoms with Crippen molar-refractivity contribution in [1.29, 1.82) is 0 Å². The normalized spacial score (nSPS) is 30.6. The van der Waals surface area contributed by atoms with Crippen molar-refractivity contribution in [2.24, 2.45) is 10.8 Å². The van der Waals surface area contributed by atoms with Crippen LogP contribution in [0.25, 0.3) is 0 Å². The van der Waals surface area contributed by atoms with Crippen LogP contribution in [-0.2, 0) is 4.79 Å². The van der Waals surface area contributed by atoms with Crippen LogP contribution in [0.2, 0.25) is 0 Å². The molecule has 1 spiro atoms. The lowest BCUT2D eigenvalue weighted by atomic mass is 9.62. The monoisotopic (exact) mass is 237 g/mol. The number of nitrogens with zero attached hydrogens (tertiary/aromatic N) is 1. The molecule has 1 heterocycles. The number of likely N-dealkylation sites (tertiary alicyclic amines) is 1. The third kappa shape index (κ3) is 1.88. The van der Waals surface area contributed by atoms with Crippen LogP contribution >= 0.6 is 0 Å². The maximum Gasteiger partial charge on any atom is 0.310 e. The molecule has 3 rings (SSSR count). The van der Waals surface area contributed by atoms with Crippen molar-refractivity contribution in [3.63, 3.8) is 0 Å². The number of hydrogen-bond acceptors (Lipinski definition) is 2. The molecule has 0 aromatic heterocycles. The van der Waals surface area contributed by atoms with Crippen LogP contribution in [-0.4, -0.2) is 35.6 Å². The van der Waals surface area contributed by atoms with E-state index >= 15 is 0 Å². The molecule has 0 aromatic rings. The van der Waals surface area contributed by atoms with Gasteiger partial charge in [-0.25, -0.2) is 0 Å². The zero-order valence-corrected chi connectivity index (χ0v) is 10.6. The molecular formula is C14H23NO2. The lowest BCUT2D eigenvalue weighted by Crippen LogP contribution is -2.62. The summed E-state index contributed by atoms with van der Waals surface area (Å²) in [5, 5.41) is 9.53. The second-order valence-electron chi connectivity index (χ2n) is 6.64. The van der Waals surface area contributed by atoms with E-state index in [1.165, 1.54) is 38.8 Å². The molecule has 2 aliphatic carbocycles. The molecule has 0 bridgehead atoms. The van der Waals surface area contributed by atoms with Gasteiger partial charge in [-0.2, -0.15) is 0 Å². The Bertz CT molecular complexity index is 308. The highest BCUT2D eigenvalue weighted by atomic mass is 16.4. The Labute approximate surface area is 103 Å². The third-order valence-corrected chi connectivity index (χ3v) is 5.32. The summed E-state index contributed by atoms with van der Waals surface area (Å²) in [5.41, 5.74) is 0.206. The number of aliphatic carboxylic acids is 1. The molecule has 1 N–H and O–H groups in total. The Hall–Kier alpha value is -0.570. The van der Waals surface area contributed by atoms with Gasteiger partial charge in [-0.3, -0.25) is 4.79 Å². The van der Waals surface area contributed by atoms with Crippen molar-refractivity contribution in [3.05, 3.63) is 0 Å². The fraction of sp³-hybridized carbons (Fsp3) is 0.929. The Morgan fingerprint density at radius 3 is 2.12 bits per heavy atom. The minimum atomic E-state index is -0.549. The molecule has 0 atom stereocenters. The van der Waals surface area contributed by atoms with Gasteiger partial charge in [-0.05, 0) is 31.1 Å². The second kappa shape index (κ2) is 3.98. The van der Waals surface area contributed by atoms with Gasteiger partial charge in [0.2, 0.25) is 0 Å². The fourth-order valence-corrected chi connectivity index (χ4v) is 4.10. The number of carbonyl (C=O) groups is 1. The average Bonchev–Trinajstić information content (AvgIpc) is 2.21. The molecule has 0 aromatic carbocycles. The maximum atomic E-state index is 11.6. The molecule has 3 fully saturated rings. The van der Waals surface area contributed by atoms with E-state index in [0.717, 1.165) is 32.2 Å². The smallest absolute Gasteiger partial charge is 0.310 e. The van der Waals surface area contributed by atoms with E-state index in [0.29, 0.717) is 5.41 Å². The summed E-state index contributed by atoms with van der Waals surface area (Å²) in [5.74, 6) is -0.549. The van der Waals surface area contributed by atoms with E-state index in [9.17, 15) is 9.90 Å². The van der Waals surface area contributed by atoms with Gasteiger partial charge >= 0.3 is 5.97 Å². The molecule has 0 amide bonds. The summed E-state index contributed by atoms with van der Waals surface area (Å²) in [7, 11) is 0. The maximum absolute atomic E-state index is 11.6. The highest BCUT2D eigenvalue weighted by Gasteiger charge is 2.50. The van der Waals surface area contributed by atoms with Crippen LogP contribution in [0.5, 0.6) is 0 Å². The molecule has 96 valence electrons. The molecule has 1 aliphatic heterocycles. The zero-order chi connectivity index (χ0) is 11.9. The van der Waals surface area contributed by atoms with Crippen LogP contribution in [0.15, 0.2) is 0 Å². The van der Waals surface area contributed by atoms with Crippen molar-refractivity contribution in [1.82, 2.24) is 4.90 Å². The van der Waals surface area contributed by atoms with E-state index < -0.39 is 11.4 Å². The summed E-state index contributed by atoms with van der Waals surface area (Å²) in [6.45, 7) is 3.15. The average molecular weight is 237 g/mol. The Kier molecular flexibility index (Phi) is 2.69. The molecule has 0 unspecified atom stereocenters. The zero-order valence-electron chi connectivity index (χ0n) is 10.6. The Balaban J connectivity index is 1.59. The van der Waals surface area contributed by atoms with Gasteiger partial charge in [-0.1, -0.05) is 25.7 Å². The molecule has 3 heteroatoms. The fourth-order valence-electron chi connectivity index (χ4n) is 4.10. The molecule has 3 aliphatic rings. The van der Waals surface area contributed by atoms with Crippen molar-refractivity contribution in [2.75, 3.05) is 19.6 Å². The topological polar surface area (TPSA) is 40.5 Å². The van der Waals surface area contributed by atoms with Crippen molar-refractivity contribution in [2.45, 2.75) is 51.4 Å². The van der Waals surface area contributed by atoms with Gasteiger partial charge in [-0.15, -0.1) is 0 Å². The first kappa shape index (κ1) is 11.5. The van der Waals surface area contributed by atoms with Crippen LogP contribution < -0.4 is 0 Å². The number of rotatable bonds is 3. The van der Waals surface area contributed by atoms with Crippen molar-refractivity contribution < 1.29 is 9.90 Å². The van der Waals surface area contributed by atoms with Gasteiger partial charge < -0.3 is 10.0 Å². The first-order valence-electron chi connectivity index (χ1n) is 7.10. The predicted molar refractivity (Wildman–Crippen MR) is 65.9 cm³/mol. The molecule has 1 saturated heterocycles. The number of hydrogen-bond donors (Lipinski definition) is 1. The van der Waals surface area contributed by atoms with E-state index in [1.807, 2.05) is 0 Å². The summed E-state index contributed by atoms with van der Waals surface area (Å²) in [4.78, 5) is 14.0. The third-order valence-electron chi connectivity index (χ3n) is 5.32. The first-order chi connectivity index (χ1) is 8.14. The van der Waals surface area contributed by atoms with Crippen LogP contribution in [0.1, 0.15) is 51.4 Å². The largest absolute Gasteiger partial charge is 0.481 e.